The van der Waals surface area contributed by atoms with E-state index < -0.39 is 0 Å². The summed E-state index contributed by atoms with van der Waals surface area (Å²) in [4.78, 5) is 6.50. The Morgan fingerprint density at radius 2 is 1.95 bits per heavy atom. The molecule has 0 unspecified atom stereocenters. The summed E-state index contributed by atoms with van der Waals surface area (Å²) in [6.07, 6.45) is 1.62. The molecule has 21 heavy (non-hydrogen) atoms. The Bertz CT molecular complexity index is 596. The first kappa shape index (κ1) is 15.2. The first-order chi connectivity index (χ1) is 10.0. The van der Waals surface area contributed by atoms with Gasteiger partial charge >= 0.3 is 0 Å². The number of hydrogen-bond donors (Lipinski definition) is 2. The zero-order valence-corrected chi connectivity index (χ0v) is 13.0. The van der Waals surface area contributed by atoms with Gasteiger partial charge in [-0.2, -0.15) is 10.1 Å². The average Bonchev–Trinajstić information content (AvgIpc) is 2.43. The van der Waals surface area contributed by atoms with Gasteiger partial charge in [0.05, 0.1) is 6.20 Å². The quantitative estimate of drug-likeness (QED) is 0.848. The summed E-state index contributed by atoms with van der Waals surface area (Å²) in [5.74, 6) is 1.21. The first-order valence-corrected chi connectivity index (χ1v) is 6.97. The van der Waals surface area contributed by atoms with E-state index in [2.05, 4.69) is 56.7 Å². The highest BCUT2D eigenvalue weighted by Gasteiger charge is 2.02. The van der Waals surface area contributed by atoms with Gasteiger partial charge in [-0.15, -0.1) is 5.10 Å². The van der Waals surface area contributed by atoms with Gasteiger partial charge in [0.2, 0.25) is 5.95 Å². The molecule has 2 aromatic rings. The lowest BCUT2D eigenvalue weighted by Gasteiger charge is -2.11. The fourth-order valence-electron chi connectivity index (χ4n) is 1.80. The van der Waals surface area contributed by atoms with Crippen LogP contribution in [0.4, 0.5) is 17.5 Å². The van der Waals surface area contributed by atoms with Crippen LogP contribution in [-0.2, 0) is 0 Å². The monoisotopic (exact) mass is 286 g/mol. The molecule has 1 aromatic carbocycles. The third-order valence-electron chi connectivity index (χ3n) is 3.18. The second-order valence-electron chi connectivity index (χ2n) is 5.32. The van der Waals surface area contributed by atoms with Crippen molar-refractivity contribution >= 4 is 17.5 Å². The number of nitrogens with one attached hydrogen (secondary N) is 2. The highest BCUT2D eigenvalue weighted by Crippen LogP contribution is 2.18. The SMILES string of the molecule is Cc1ccc(Nc2cnnc(NCCN(C)C)n2)cc1C. The number of hydrogen-bond acceptors (Lipinski definition) is 6. The summed E-state index contributed by atoms with van der Waals surface area (Å²) in [7, 11) is 4.05. The molecule has 2 N–H and O–H groups in total. The Kier molecular flexibility index (Phi) is 5.05. The van der Waals surface area contributed by atoms with Crippen LogP contribution in [0.25, 0.3) is 0 Å². The Hall–Kier alpha value is -2.21. The molecule has 0 saturated heterocycles. The van der Waals surface area contributed by atoms with Crippen LogP contribution in [0.1, 0.15) is 11.1 Å². The van der Waals surface area contributed by atoms with E-state index in [1.807, 2.05) is 20.2 Å². The van der Waals surface area contributed by atoms with Crippen LogP contribution in [-0.4, -0.2) is 47.3 Å². The fraction of sp³-hybridized carbons (Fsp3) is 0.400. The van der Waals surface area contributed by atoms with Crippen LogP contribution >= 0.6 is 0 Å². The van der Waals surface area contributed by atoms with Gasteiger partial charge in [0, 0.05) is 18.8 Å². The number of rotatable bonds is 6. The maximum absolute atomic E-state index is 4.40. The number of likely N-dealkylation sites (N-methyl/N-ethyl adjacent to an activating group) is 1. The number of nitrogens with zero attached hydrogens (tertiary/aromatic N) is 4. The molecule has 0 bridgehead atoms. The van der Waals surface area contributed by atoms with Gasteiger partial charge in [0.1, 0.15) is 0 Å². The van der Waals surface area contributed by atoms with Gasteiger partial charge in [-0.3, -0.25) is 0 Å². The molecule has 0 saturated carbocycles. The van der Waals surface area contributed by atoms with E-state index in [0.717, 1.165) is 18.8 Å². The van der Waals surface area contributed by atoms with E-state index in [9.17, 15) is 0 Å². The lowest BCUT2D eigenvalue weighted by molar-refractivity contribution is 0.425. The van der Waals surface area contributed by atoms with Gasteiger partial charge in [-0.25, -0.2) is 0 Å². The molecule has 0 spiro atoms. The molecular formula is C15H22N6. The van der Waals surface area contributed by atoms with Crippen LogP contribution in [0.5, 0.6) is 0 Å². The van der Waals surface area contributed by atoms with Crippen molar-refractivity contribution in [3.8, 4) is 0 Å². The lowest BCUT2D eigenvalue weighted by atomic mass is 10.1. The predicted octanol–water partition coefficient (Wildman–Crippen LogP) is 2.21. The average molecular weight is 286 g/mol. The van der Waals surface area contributed by atoms with Gasteiger partial charge in [0.25, 0.3) is 0 Å². The van der Waals surface area contributed by atoms with Crippen molar-refractivity contribution in [3.63, 3.8) is 0 Å². The minimum Gasteiger partial charge on any atom is -0.352 e. The van der Waals surface area contributed by atoms with Gasteiger partial charge in [0.15, 0.2) is 5.82 Å². The van der Waals surface area contributed by atoms with Crippen LogP contribution in [0, 0.1) is 13.8 Å². The number of anilines is 3. The van der Waals surface area contributed by atoms with Crippen molar-refractivity contribution in [1.29, 1.82) is 0 Å². The third kappa shape index (κ3) is 4.68. The topological polar surface area (TPSA) is 66.0 Å². The minimum atomic E-state index is 0.533. The van der Waals surface area contributed by atoms with Crippen molar-refractivity contribution in [2.45, 2.75) is 13.8 Å². The molecule has 0 atom stereocenters. The maximum atomic E-state index is 4.40. The molecular weight excluding hydrogens is 264 g/mol. The molecule has 112 valence electrons. The van der Waals surface area contributed by atoms with Gasteiger partial charge in [-0.1, -0.05) is 6.07 Å². The molecule has 1 aromatic heterocycles. The second-order valence-corrected chi connectivity index (χ2v) is 5.32. The van der Waals surface area contributed by atoms with Crippen molar-refractivity contribution in [1.82, 2.24) is 20.1 Å². The predicted molar refractivity (Wildman–Crippen MR) is 86.1 cm³/mol. The fourth-order valence-corrected chi connectivity index (χ4v) is 1.80. The van der Waals surface area contributed by atoms with E-state index in [-0.39, 0.29) is 0 Å². The molecule has 0 aliphatic heterocycles. The summed E-state index contributed by atoms with van der Waals surface area (Å²) >= 11 is 0. The van der Waals surface area contributed by atoms with Crippen LogP contribution in [0.2, 0.25) is 0 Å². The lowest BCUT2D eigenvalue weighted by Crippen LogP contribution is -2.21. The minimum absolute atomic E-state index is 0.533. The number of benzene rings is 1. The molecule has 2 rings (SSSR count). The Balaban J connectivity index is 2.01. The first-order valence-electron chi connectivity index (χ1n) is 6.97. The summed E-state index contributed by atoms with van der Waals surface area (Å²) in [5, 5.41) is 14.4. The summed E-state index contributed by atoms with van der Waals surface area (Å²) < 4.78 is 0. The Morgan fingerprint density at radius 3 is 2.67 bits per heavy atom. The van der Waals surface area contributed by atoms with E-state index in [0.29, 0.717) is 11.8 Å². The summed E-state index contributed by atoms with van der Waals surface area (Å²) in [6, 6.07) is 6.21. The highest BCUT2D eigenvalue weighted by atomic mass is 15.3. The zero-order valence-electron chi connectivity index (χ0n) is 13.0. The van der Waals surface area contributed by atoms with Crippen molar-refractivity contribution < 1.29 is 0 Å². The van der Waals surface area contributed by atoms with Crippen molar-refractivity contribution in [3.05, 3.63) is 35.5 Å². The molecule has 6 nitrogen and oxygen atoms in total. The highest BCUT2D eigenvalue weighted by molar-refractivity contribution is 5.57. The smallest absolute Gasteiger partial charge is 0.244 e. The molecule has 0 fully saturated rings. The Morgan fingerprint density at radius 1 is 1.14 bits per heavy atom. The zero-order chi connectivity index (χ0) is 15.2. The molecule has 0 amide bonds. The van der Waals surface area contributed by atoms with Crippen LogP contribution < -0.4 is 10.6 Å². The standard InChI is InChI=1S/C15H22N6/c1-11-5-6-13(9-12(11)2)18-14-10-17-20-15(19-14)16-7-8-21(3)4/h5-6,9-10H,7-8H2,1-4H3,(H2,16,18,19,20). The number of aryl methyl sites for hydroxylation is 2. The largest absolute Gasteiger partial charge is 0.352 e. The molecule has 1 heterocycles. The Labute approximate surface area is 125 Å². The van der Waals surface area contributed by atoms with E-state index in [4.69, 9.17) is 0 Å². The maximum Gasteiger partial charge on any atom is 0.244 e. The van der Waals surface area contributed by atoms with Gasteiger partial charge in [-0.05, 0) is 51.2 Å². The van der Waals surface area contributed by atoms with E-state index in [1.54, 1.807) is 6.20 Å². The second kappa shape index (κ2) is 6.99. The van der Waals surface area contributed by atoms with E-state index in [1.165, 1.54) is 11.1 Å². The molecule has 6 heteroatoms. The van der Waals surface area contributed by atoms with Gasteiger partial charge < -0.3 is 15.5 Å². The van der Waals surface area contributed by atoms with Crippen molar-refractivity contribution in [2.75, 3.05) is 37.8 Å². The molecule has 0 aliphatic carbocycles. The molecule has 0 aliphatic rings. The number of aromatic nitrogens is 3. The third-order valence-corrected chi connectivity index (χ3v) is 3.18. The van der Waals surface area contributed by atoms with Crippen LogP contribution in [0.15, 0.2) is 24.4 Å². The van der Waals surface area contributed by atoms with Crippen molar-refractivity contribution in [2.24, 2.45) is 0 Å². The van der Waals surface area contributed by atoms with Crippen LogP contribution in [0.3, 0.4) is 0 Å². The van der Waals surface area contributed by atoms with E-state index >= 15 is 0 Å². The summed E-state index contributed by atoms with van der Waals surface area (Å²) in [6.45, 7) is 5.88. The summed E-state index contributed by atoms with van der Waals surface area (Å²) in [5.41, 5.74) is 3.51. The molecule has 0 radical (unpaired) electrons. The normalized spacial score (nSPS) is 10.7.